The Hall–Kier alpha value is -1.80. The normalized spacial score (nSPS) is 13.4. The van der Waals surface area contributed by atoms with Crippen molar-refractivity contribution in [3.63, 3.8) is 0 Å². The summed E-state index contributed by atoms with van der Waals surface area (Å²) in [5.74, 6) is -2.61. The number of hydrogen-bond acceptors (Lipinski definition) is 4. The molecule has 8 heteroatoms. The smallest absolute Gasteiger partial charge is 0.417 e. The first kappa shape index (κ1) is 14.3. The van der Waals surface area contributed by atoms with Crippen molar-refractivity contribution in [3.05, 3.63) is 28.8 Å². The molecule has 0 fully saturated rings. The zero-order valence-electron chi connectivity index (χ0n) is 8.90. The fourth-order valence-corrected chi connectivity index (χ4v) is 1.41. The van der Waals surface area contributed by atoms with Gasteiger partial charge in [0.15, 0.2) is 0 Å². The molecule has 0 aliphatic rings. The number of alkyl halides is 3. The van der Waals surface area contributed by atoms with Crippen LogP contribution >= 0.6 is 0 Å². The number of halogens is 3. The summed E-state index contributed by atoms with van der Waals surface area (Å²) in [5.41, 5.74) is 2.58. The Balaban J connectivity index is 3.49. The van der Waals surface area contributed by atoms with Crippen LogP contribution < -0.4 is 5.73 Å². The van der Waals surface area contributed by atoms with E-state index in [1.54, 1.807) is 0 Å². The molecule has 0 heterocycles. The van der Waals surface area contributed by atoms with Crippen LogP contribution in [0.15, 0.2) is 12.1 Å². The van der Waals surface area contributed by atoms with Gasteiger partial charge in [0.25, 0.3) is 0 Å². The van der Waals surface area contributed by atoms with E-state index in [4.69, 9.17) is 15.9 Å². The van der Waals surface area contributed by atoms with Crippen LogP contribution in [0.2, 0.25) is 0 Å². The van der Waals surface area contributed by atoms with Crippen LogP contribution in [-0.2, 0) is 6.18 Å². The highest BCUT2D eigenvalue weighted by atomic mass is 19.4. The van der Waals surface area contributed by atoms with Crippen molar-refractivity contribution >= 4 is 5.97 Å². The van der Waals surface area contributed by atoms with E-state index in [0.29, 0.717) is 6.07 Å². The van der Waals surface area contributed by atoms with Gasteiger partial charge in [0.05, 0.1) is 23.8 Å². The number of carboxylic acids is 1. The predicted molar refractivity (Wildman–Crippen MR) is 54.1 cm³/mol. The van der Waals surface area contributed by atoms with Crippen LogP contribution in [0.5, 0.6) is 5.75 Å². The van der Waals surface area contributed by atoms with Gasteiger partial charge in [-0.1, -0.05) is 0 Å². The minimum Gasteiger partial charge on any atom is -0.508 e. The molecule has 0 aromatic heterocycles. The first-order chi connectivity index (χ1) is 8.18. The second-order valence-electron chi connectivity index (χ2n) is 3.55. The number of carboxylic acid groups (broad SMARTS) is 1. The van der Waals surface area contributed by atoms with E-state index < -0.39 is 41.7 Å². The fraction of sp³-hybridized carbons (Fsp3) is 0.300. The largest absolute Gasteiger partial charge is 0.508 e. The lowest BCUT2D eigenvalue weighted by Gasteiger charge is -2.16. The lowest BCUT2D eigenvalue weighted by molar-refractivity contribution is -0.138. The Morgan fingerprint density at radius 1 is 1.39 bits per heavy atom. The number of phenolic OH excluding ortho intramolecular Hbond substituents is 1. The lowest BCUT2D eigenvalue weighted by Crippen LogP contribution is -2.18. The summed E-state index contributed by atoms with van der Waals surface area (Å²) in [6.45, 7) is -0.641. The summed E-state index contributed by atoms with van der Waals surface area (Å²) in [6.07, 6.45) is -4.91. The van der Waals surface area contributed by atoms with Gasteiger partial charge in [-0.3, -0.25) is 0 Å². The lowest BCUT2D eigenvalue weighted by atomic mass is 9.98. The molecule has 0 amide bonds. The number of phenols is 1. The third kappa shape index (κ3) is 2.71. The number of aromatic carboxylic acids is 1. The molecule has 0 aliphatic carbocycles. The molecule has 5 N–H and O–H groups in total. The third-order valence-corrected chi connectivity index (χ3v) is 2.30. The zero-order valence-corrected chi connectivity index (χ0v) is 8.90. The molecular weight excluding hydrogens is 255 g/mol. The molecule has 0 saturated carbocycles. The van der Waals surface area contributed by atoms with Crippen molar-refractivity contribution in [2.24, 2.45) is 5.73 Å². The summed E-state index contributed by atoms with van der Waals surface area (Å²) < 4.78 is 37.6. The van der Waals surface area contributed by atoms with Gasteiger partial charge < -0.3 is 21.1 Å². The average Bonchev–Trinajstić information content (AvgIpc) is 2.26. The first-order valence-corrected chi connectivity index (χ1v) is 4.72. The van der Waals surface area contributed by atoms with Gasteiger partial charge in [-0.15, -0.1) is 0 Å². The summed E-state index contributed by atoms with van der Waals surface area (Å²) in [4.78, 5) is 10.8. The Morgan fingerprint density at radius 2 is 1.94 bits per heavy atom. The molecule has 1 atom stereocenters. The van der Waals surface area contributed by atoms with Gasteiger partial charge in [0.1, 0.15) is 5.75 Å². The number of nitrogens with two attached hydrogens (primary N) is 1. The van der Waals surface area contributed by atoms with E-state index >= 15 is 0 Å². The SMILES string of the molecule is N[C@H](CO)c1cc(C(=O)O)c(C(F)(F)F)cc1O. The topological polar surface area (TPSA) is 104 Å². The third-order valence-electron chi connectivity index (χ3n) is 2.30. The minimum atomic E-state index is -4.91. The van der Waals surface area contributed by atoms with Crippen LogP contribution in [0.1, 0.15) is 27.5 Å². The molecule has 1 aromatic carbocycles. The number of benzene rings is 1. The molecule has 100 valence electrons. The standard InChI is InChI=1S/C10H10F3NO4/c11-10(12,13)6-2-8(16)5(7(14)3-15)1-4(6)9(17)18/h1-2,7,15-16H,3,14H2,(H,17,18)/t7-/m1/s1. The van der Waals surface area contributed by atoms with Crippen molar-refractivity contribution < 1.29 is 33.3 Å². The molecule has 1 rings (SSSR count). The van der Waals surface area contributed by atoms with E-state index in [0.717, 1.165) is 0 Å². The monoisotopic (exact) mass is 265 g/mol. The second kappa shape index (κ2) is 4.83. The van der Waals surface area contributed by atoms with E-state index in [2.05, 4.69) is 0 Å². The first-order valence-electron chi connectivity index (χ1n) is 4.72. The van der Waals surface area contributed by atoms with Crippen molar-refractivity contribution in [2.45, 2.75) is 12.2 Å². The van der Waals surface area contributed by atoms with Crippen LogP contribution in [0.25, 0.3) is 0 Å². The molecule has 0 bridgehead atoms. The van der Waals surface area contributed by atoms with Gasteiger partial charge in [-0.2, -0.15) is 13.2 Å². The number of hydrogen-bond donors (Lipinski definition) is 4. The van der Waals surface area contributed by atoms with E-state index in [-0.39, 0.29) is 11.6 Å². The van der Waals surface area contributed by atoms with Gasteiger partial charge in [0.2, 0.25) is 0 Å². The Morgan fingerprint density at radius 3 is 2.33 bits per heavy atom. The highest BCUT2D eigenvalue weighted by Gasteiger charge is 2.36. The Bertz CT molecular complexity index is 473. The fourth-order valence-electron chi connectivity index (χ4n) is 1.41. The average molecular weight is 265 g/mol. The van der Waals surface area contributed by atoms with Crippen molar-refractivity contribution in [1.29, 1.82) is 0 Å². The minimum absolute atomic E-state index is 0.261. The van der Waals surface area contributed by atoms with Gasteiger partial charge in [-0.05, 0) is 12.1 Å². The van der Waals surface area contributed by atoms with Crippen molar-refractivity contribution in [2.75, 3.05) is 6.61 Å². The predicted octanol–water partition coefficient (Wildman–Crippen LogP) is 1.10. The number of rotatable bonds is 3. The quantitative estimate of drug-likeness (QED) is 0.655. The summed E-state index contributed by atoms with van der Waals surface area (Å²) >= 11 is 0. The van der Waals surface area contributed by atoms with Gasteiger partial charge >= 0.3 is 12.1 Å². The summed E-state index contributed by atoms with van der Waals surface area (Å²) in [6, 6.07) is -0.263. The van der Waals surface area contributed by atoms with Gasteiger partial charge in [-0.25, -0.2) is 4.79 Å². The molecule has 0 aliphatic heterocycles. The second-order valence-corrected chi connectivity index (χ2v) is 3.55. The molecule has 0 saturated heterocycles. The molecule has 0 unspecified atom stereocenters. The van der Waals surface area contributed by atoms with Crippen molar-refractivity contribution in [3.8, 4) is 5.75 Å². The van der Waals surface area contributed by atoms with E-state index in [1.165, 1.54) is 0 Å². The number of aromatic hydroxyl groups is 1. The molecular formula is C10H10F3NO4. The Labute approximate surface area is 99.3 Å². The Kier molecular flexibility index (Phi) is 3.82. The number of aliphatic hydroxyl groups excluding tert-OH is 1. The molecule has 18 heavy (non-hydrogen) atoms. The highest BCUT2D eigenvalue weighted by molar-refractivity contribution is 5.90. The molecule has 0 spiro atoms. The maximum Gasteiger partial charge on any atom is 0.417 e. The summed E-state index contributed by atoms with van der Waals surface area (Å²) in [7, 11) is 0. The van der Waals surface area contributed by atoms with Crippen molar-refractivity contribution in [1.82, 2.24) is 0 Å². The molecule has 0 radical (unpaired) electrons. The maximum absolute atomic E-state index is 12.5. The molecule has 5 nitrogen and oxygen atoms in total. The maximum atomic E-state index is 12.5. The van der Waals surface area contributed by atoms with E-state index in [1.807, 2.05) is 0 Å². The van der Waals surface area contributed by atoms with Crippen LogP contribution in [0, 0.1) is 0 Å². The number of carbonyl (C=O) groups is 1. The molecule has 1 aromatic rings. The van der Waals surface area contributed by atoms with Crippen LogP contribution in [0.3, 0.4) is 0 Å². The number of aliphatic hydroxyl groups is 1. The summed E-state index contributed by atoms with van der Waals surface area (Å²) in [5, 5.41) is 26.9. The van der Waals surface area contributed by atoms with Crippen LogP contribution in [0.4, 0.5) is 13.2 Å². The zero-order chi connectivity index (χ0) is 14.1. The van der Waals surface area contributed by atoms with Crippen LogP contribution in [-0.4, -0.2) is 27.9 Å². The highest BCUT2D eigenvalue weighted by Crippen LogP contribution is 2.37. The van der Waals surface area contributed by atoms with Gasteiger partial charge in [0, 0.05) is 5.56 Å². The van der Waals surface area contributed by atoms with E-state index in [9.17, 15) is 23.1 Å².